The standard InChI is InChI=1S/C25H31FN4O4/c1-5-6-18-11-21-23(27-12-18)34-22(16(2)13-30(24(21)32)17(3)15-31)14-29(4)25(33)28-20-9-7-19(26)8-10-20/h5-12,16-17,22,31H,13-15H2,1-4H3,(H,28,33)/b6-5+/t16-,17-,22-/m1/s1. The smallest absolute Gasteiger partial charge is 0.321 e. The van der Waals surface area contributed by atoms with E-state index in [-0.39, 0.29) is 42.7 Å². The molecular formula is C25H31FN4O4. The summed E-state index contributed by atoms with van der Waals surface area (Å²) in [5.41, 5.74) is 1.55. The number of nitrogens with zero attached hydrogens (tertiary/aromatic N) is 3. The zero-order valence-corrected chi connectivity index (χ0v) is 19.9. The Morgan fingerprint density at radius 1 is 1.41 bits per heavy atom. The summed E-state index contributed by atoms with van der Waals surface area (Å²) in [5.74, 6) is -0.618. The molecule has 182 valence electrons. The second kappa shape index (κ2) is 11.1. The third-order valence-corrected chi connectivity index (χ3v) is 5.80. The minimum absolute atomic E-state index is 0.163. The molecule has 9 heteroatoms. The van der Waals surface area contributed by atoms with Crippen LogP contribution in [-0.4, -0.2) is 70.7 Å². The number of pyridine rings is 1. The van der Waals surface area contributed by atoms with E-state index in [0.717, 1.165) is 5.56 Å². The second-order valence-corrected chi connectivity index (χ2v) is 8.56. The third-order valence-electron chi connectivity index (χ3n) is 5.80. The lowest BCUT2D eigenvalue weighted by Crippen LogP contribution is -2.50. The highest BCUT2D eigenvalue weighted by molar-refractivity contribution is 5.97. The number of rotatable bonds is 6. The lowest BCUT2D eigenvalue weighted by Gasteiger charge is -2.37. The number of benzene rings is 1. The summed E-state index contributed by atoms with van der Waals surface area (Å²) in [6.45, 7) is 5.97. The number of amides is 3. The van der Waals surface area contributed by atoms with E-state index in [1.165, 1.54) is 29.2 Å². The fourth-order valence-electron chi connectivity index (χ4n) is 3.72. The second-order valence-electron chi connectivity index (χ2n) is 8.56. The number of fused-ring (bicyclic) bond motifs is 1. The molecule has 3 amide bonds. The van der Waals surface area contributed by atoms with E-state index in [9.17, 15) is 19.1 Å². The van der Waals surface area contributed by atoms with Crippen LogP contribution in [0.15, 0.2) is 42.6 Å². The molecule has 1 aromatic carbocycles. The maximum absolute atomic E-state index is 13.3. The normalized spacial score (nSPS) is 19.1. The number of halogens is 1. The van der Waals surface area contributed by atoms with E-state index in [1.54, 1.807) is 31.1 Å². The van der Waals surface area contributed by atoms with E-state index < -0.39 is 12.1 Å². The van der Waals surface area contributed by atoms with Crippen molar-refractivity contribution in [3.63, 3.8) is 0 Å². The minimum Gasteiger partial charge on any atom is -0.472 e. The van der Waals surface area contributed by atoms with Crippen molar-refractivity contribution in [2.75, 3.05) is 32.1 Å². The highest BCUT2D eigenvalue weighted by atomic mass is 19.1. The maximum Gasteiger partial charge on any atom is 0.321 e. The lowest BCUT2D eigenvalue weighted by atomic mass is 10.00. The van der Waals surface area contributed by atoms with Crippen LogP contribution in [0.2, 0.25) is 0 Å². The van der Waals surface area contributed by atoms with Gasteiger partial charge in [0.05, 0.1) is 19.2 Å². The Morgan fingerprint density at radius 2 is 2.12 bits per heavy atom. The van der Waals surface area contributed by atoms with Crippen molar-refractivity contribution < 1.29 is 23.8 Å². The quantitative estimate of drug-likeness (QED) is 0.672. The molecule has 2 heterocycles. The van der Waals surface area contributed by atoms with Crippen LogP contribution in [0.4, 0.5) is 14.9 Å². The van der Waals surface area contributed by atoms with Gasteiger partial charge in [-0.15, -0.1) is 0 Å². The van der Waals surface area contributed by atoms with Gasteiger partial charge >= 0.3 is 6.03 Å². The summed E-state index contributed by atoms with van der Waals surface area (Å²) in [5, 5.41) is 12.5. The molecule has 0 saturated carbocycles. The van der Waals surface area contributed by atoms with Crippen molar-refractivity contribution in [3.05, 3.63) is 59.5 Å². The molecule has 0 aliphatic carbocycles. The molecule has 0 bridgehead atoms. The Hall–Kier alpha value is -3.46. The van der Waals surface area contributed by atoms with Gasteiger partial charge in [-0.3, -0.25) is 4.79 Å². The molecule has 8 nitrogen and oxygen atoms in total. The van der Waals surface area contributed by atoms with E-state index in [2.05, 4.69) is 10.3 Å². The zero-order valence-electron chi connectivity index (χ0n) is 19.9. The molecule has 0 fully saturated rings. The predicted octanol–water partition coefficient (Wildman–Crippen LogP) is 3.64. The SMILES string of the molecule is C/C=C/c1cnc2c(c1)C(=O)N([C@H](C)CO)C[C@@H](C)[C@@H](CN(C)C(=O)Nc1ccc(F)cc1)O2. The summed E-state index contributed by atoms with van der Waals surface area (Å²) in [6.07, 6.45) is 4.85. The number of hydrogen-bond donors (Lipinski definition) is 2. The maximum atomic E-state index is 13.3. The van der Waals surface area contributed by atoms with E-state index in [1.807, 2.05) is 26.0 Å². The average Bonchev–Trinajstić information content (AvgIpc) is 2.82. The number of aliphatic hydroxyl groups is 1. The number of hydrogen-bond acceptors (Lipinski definition) is 5. The first kappa shape index (κ1) is 25.2. The molecule has 0 spiro atoms. The molecule has 0 radical (unpaired) electrons. The van der Waals surface area contributed by atoms with Crippen molar-refractivity contribution in [1.82, 2.24) is 14.8 Å². The minimum atomic E-state index is -0.468. The fraction of sp³-hybridized carbons (Fsp3) is 0.400. The Bertz CT molecular complexity index is 1040. The Morgan fingerprint density at radius 3 is 2.76 bits per heavy atom. The molecule has 1 aliphatic heterocycles. The number of allylic oxidation sites excluding steroid dienone is 1. The molecule has 2 aromatic rings. The van der Waals surface area contributed by atoms with Gasteiger partial charge in [0.2, 0.25) is 5.88 Å². The number of carbonyl (C=O) groups is 2. The first-order valence-electron chi connectivity index (χ1n) is 11.2. The third kappa shape index (κ3) is 5.91. The summed E-state index contributed by atoms with van der Waals surface area (Å²) in [7, 11) is 1.64. The number of likely N-dealkylation sites (N-methyl/N-ethyl adjacent to an activating group) is 1. The summed E-state index contributed by atoms with van der Waals surface area (Å²) in [4.78, 5) is 33.5. The van der Waals surface area contributed by atoms with Crippen LogP contribution in [0.1, 0.15) is 36.7 Å². The van der Waals surface area contributed by atoms with Gasteiger partial charge in [-0.2, -0.15) is 0 Å². The predicted molar refractivity (Wildman–Crippen MR) is 128 cm³/mol. The van der Waals surface area contributed by atoms with Gasteiger partial charge in [0.15, 0.2) is 0 Å². The van der Waals surface area contributed by atoms with Gasteiger partial charge in [0.1, 0.15) is 17.5 Å². The van der Waals surface area contributed by atoms with Crippen molar-refractivity contribution in [2.24, 2.45) is 5.92 Å². The molecule has 1 aliphatic rings. The molecule has 2 N–H and O–H groups in total. The van der Waals surface area contributed by atoms with Crippen LogP contribution in [0.25, 0.3) is 6.08 Å². The molecule has 3 atom stereocenters. The largest absolute Gasteiger partial charge is 0.472 e. The van der Waals surface area contributed by atoms with Crippen molar-refractivity contribution in [2.45, 2.75) is 32.9 Å². The number of carbonyl (C=O) groups excluding carboxylic acids is 2. The summed E-state index contributed by atoms with van der Waals surface area (Å²) in [6, 6.07) is 6.46. The van der Waals surface area contributed by atoms with Crippen LogP contribution in [0.5, 0.6) is 5.88 Å². The van der Waals surface area contributed by atoms with Gasteiger partial charge in [-0.05, 0) is 49.7 Å². The molecule has 3 rings (SSSR count). The first-order valence-corrected chi connectivity index (χ1v) is 11.2. The first-order chi connectivity index (χ1) is 16.2. The summed E-state index contributed by atoms with van der Waals surface area (Å²) < 4.78 is 19.3. The number of aliphatic hydroxyl groups excluding tert-OH is 1. The molecule has 1 aromatic heterocycles. The molecule has 0 unspecified atom stereocenters. The topological polar surface area (TPSA) is 95.0 Å². The number of anilines is 1. The van der Waals surface area contributed by atoms with Gasteiger partial charge in [0, 0.05) is 31.4 Å². The highest BCUT2D eigenvalue weighted by Crippen LogP contribution is 2.27. The molecular weight excluding hydrogens is 439 g/mol. The highest BCUT2D eigenvalue weighted by Gasteiger charge is 2.34. The van der Waals surface area contributed by atoms with Gasteiger partial charge < -0.3 is 25.0 Å². The lowest BCUT2D eigenvalue weighted by molar-refractivity contribution is 0.0356. The zero-order chi connectivity index (χ0) is 24.8. The van der Waals surface area contributed by atoms with Crippen LogP contribution < -0.4 is 10.1 Å². The van der Waals surface area contributed by atoms with Gasteiger partial charge in [0.25, 0.3) is 5.91 Å². The Labute approximate surface area is 199 Å². The van der Waals surface area contributed by atoms with Crippen LogP contribution >= 0.6 is 0 Å². The average molecular weight is 471 g/mol. The van der Waals surface area contributed by atoms with Crippen molar-refractivity contribution in [1.29, 1.82) is 0 Å². The fourth-order valence-corrected chi connectivity index (χ4v) is 3.72. The molecule has 0 saturated heterocycles. The van der Waals surface area contributed by atoms with E-state index in [4.69, 9.17) is 4.74 Å². The van der Waals surface area contributed by atoms with E-state index in [0.29, 0.717) is 17.8 Å². The number of aromatic nitrogens is 1. The van der Waals surface area contributed by atoms with Gasteiger partial charge in [-0.25, -0.2) is 14.2 Å². The number of nitrogens with one attached hydrogen (secondary N) is 1. The monoisotopic (exact) mass is 470 g/mol. The molecule has 34 heavy (non-hydrogen) atoms. The van der Waals surface area contributed by atoms with E-state index >= 15 is 0 Å². The van der Waals surface area contributed by atoms with Crippen LogP contribution in [0, 0.1) is 11.7 Å². The van der Waals surface area contributed by atoms with Crippen LogP contribution in [-0.2, 0) is 0 Å². The number of urea groups is 1. The Balaban J connectivity index is 1.85. The van der Waals surface area contributed by atoms with Crippen molar-refractivity contribution in [3.8, 4) is 5.88 Å². The number of ether oxygens (including phenoxy) is 1. The summed E-state index contributed by atoms with van der Waals surface area (Å²) >= 11 is 0. The Kier molecular flexibility index (Phi) is 8.22. The van der Waals surface area contributed by atoms with Crippen molar-refractivity contribution >= 4 is 23.7 Å². The van der Waals surface area contributed by atoms with Crippen LogP contribution in [0.3, 0.4) is 0 Å². The van der Waals surface area contributed by atoms with Gasteiger partial charge in [-0.1, -0.05) is 19.1 Å².